The molecule has 3 rings (SSSR count). The largest absolute Gasteiger partial charge is 0.269 e. The number of nitro groups is 1. The molecule has 0 atom stereocenters. The van der Waals surface area contributed by atoms with Gasteiger partial charge in [-0.1, -0.05) is 23.2 Å². The Morgan fingerprint density at radius 1 is 1.00 bits per heavy atom. The first kappa shape index (κ1) is 14.6. The number of halogens is 2. The molecule has 1 aromatic heterocycles. The normalized spacial score (nSPS) is 10.6. The minimum Gasteiger partial charge on any atom is -0.258 e. The maximum Gasteiger partial charge on any atom is 0.269 e. The molecule has 0 fully saturated rings. The fourth-order valence-corrected chi connectivity index (χ4v) is 2.38. The van der Waals surface area contributed by atoms with Crippen molar-refractivity contribution in [3.63, 3.8) is 0 Å². The summed E-state index contributed by atoms with van der Waals surface area (Å²) < 4.78 is 1.63. The third-order valence-electron chi connectivity index (χ3n) is 3.11. The molecule has 0 bridgehead atoms. The van der Waals surface area contributed by atoms with E-state index in [0.717, 1.165) is 5.69 Å². The van der Waals surface area contributed by atoms with Crippen LogP contribution in [0.1, 0.15) is 0 Å². The van der Waals surface area contributed by atoms with Crippen LogP contribution in [-0.2, 0) is 0 Å². The summed E-state index contributed by atoms with van der Waals surface area (Å²) >= 11 is 12.1. The second kappa shape index (κ2) is 5.79. The fraction of sp³-hybridized carbons (Fsp3) is 0. The van der Waals surface area contributed by atoms with Gasteiger partial charge in [-0.2, -0.15) is 5.10 Å². The van der Waals surface area contributed by atoms with E-state index in [-0.39, 0.29) is 5.69 Å². The number of nitro benzene ring substituents is 1. The van der Waals surface area contributed by atoms with Crippen LogP contribution in [0.3, 0.4) is 0 Å². The van der Waals surface area contributed by atoms with Gasteiger partial charge in [0.2, 0.25) is 0 Å². The Balaban J connectivity index is 1.98. The molecule has 22 heavy (non-hydrogen) atoms. The maximum atomic E-state index is 10.7. The van der Waals surface area contributed by atoms with Crippen molar-refractivity contribution in [1.82, 2.24) is 9.78 Å². The minimum atomic E-state index is -0.447. The molecule has 1 heterocycles. The van der Waals surface area contributed by atoms with Gasteiger partial charge in [-0.25, -0.2) is 4.68 Å². The van der Waals surface area contributed by atoms with Crippen molar-refractivity contribution in [2.24, 2.45) is 0 Å². The molecule has 0 amide bonds. The summed E-state index contributed by atoms with van der Waals surface area (Å²) in [5.41, 5.74) is 2.12. The molecule has 0 unspecified atom stereocenters. The average molecular weight is 334 g/mol. The Morgan fingerprint density at radius 2 is 1.64 bits per heavy atom. The summed E-state index contributed by atoms with van der Waals surface area (Å²) in [6, 6.07) is 13.3. The highest BCUT2D eigenvalue weighted by atomic mass is 35.5. The van der Waals surface area contributed by atoms with E-state index >= 15 is 0 Å². The van der Waals surface area contributed by atoms with Crippen molar-refractivity contribution in [3.8, 4) is 16.9 Å². The Labute approximate surface area is 135 Å². The number of hydrogen-bond donors (Lipinski definition) is 0. The molecule has 0 saturated carbocycles. The molecule has 0 spiro atoms. The van der Waals surface area contributed by atoms with Gasteiger partial charge in [-0.15, -0.1) is 0 Å². The van der Waals surface area contributed by atoms with Crippen LogP contribution >= 0.6 is 23.2 Å². The van der Waals surface area contributed by atoms with Gasteiger partial charge in [0.1, 0.15) is 5.69 Å². The Hall–Kier alpha value is -2.37. The van der Waals surface area contributed by atoms with Crippen LogP contribution in [0.4, 0.5) is 5.69 Å². The Kier molecular flexibility index (Phi) is 3.83. The zero-order valence-corrected chi connectivity index (χ0v) is 12.6. The zero-order chi connectivity index (χ0) is 15.7. The zero-order valence-electron chi connectivity index (χ0n) is 11.1. The van der Waals surface area contributed by atoms with Gasteiger partial charge >= 0.3 is 0 Å². The quantitative estimate of drug-likeness (QED) is 0.513. The van der Waals surface area contributed by atoms with E-state index in [2.05, 4.69) is 5.10 Å². The monoisotopic (exact) mass is 333 g/mol. The SMILES string of the molecule is O=[N+]([O-])c1ccc(-c2nn(-c3ccc(Cl)cc3)cc2Cl)cc1. The predicted octanol–water partition coefficient (Wildman–Crippen LogP) is 4.75. The van der Waals surface area contributed by atoms with E-state index in [1.54, 1.807) is 35.1 Å². The van der Waals surface area contributed by atoms with Crippen LogP contribution in [0.5, 0.6) is 0 Å². The fourth-order valence-electron chi connectivity index (χ4n) is 2.02. The number of hydrogen-bond acceptors (Lipinski definition) is 3. The van der Waals surface area contributed by atoms with E-state index in [0.29, 0.717) is 21.3 Å². The number of benzene rings is 2. The first-order valence-corrected chi connectivity index (χ1v) is 7.06. The van der Waals surface area contributed by atoms with Gasteiger partial charge in [0.25, 0.3) is 5.69 Å². The van der Waals surface area contributed by atoms with E-state index in [4.69, 9.17) is 23.2 Å². The number of non-ortho nitro benzene ring substituents is 1. The molecule has 0 saturated heterocycles. The van der Waals surface area contributed by atoms with Crippen LogP contribution in [0, 0.1) is 10.1 Å². The summed E-state index contributed by atoms with van der Waals surface area (Å²) in [5, 5.41) is 16.2. The molecular weight excluding hydrogens is 325 g/mol. The van der Waals surface area contributed by atoms with Gasteiger partial charge in [-0.05, 0) is 36.4 Å². The molecule has 3 aromatic rings. The van der Waals surface area contributed by atoms with E-state index in [1.807, 2.05) is 12.1 Å². The summed E-state index contributed by atoms with van der Waals surface area (Å²) in [4.78, 5) is 10.2. The summed E-state index contributed by atoms with van der Waals surface area (Å²) in [5.74, 6) is 0. The average Bonchev–Trinajstić information content (AvgIpc) is 2.90. The van der Waals surface area contributed by atoms with Crippen LogP contribution in [0.25, 0.3) is 16.9 Å². The lowest BCUT2D eigenvalue weighted by molar-refractivity contribution is -0.384. The van der Waals surface area contributed by atoms with E-state index in [9.17, 15) is 10.1 Å². The first-order valence-electron chi connectivity index (χ1n) is 6.30. The van der Waals surface area contributed by atoms with E-state index in [1.165, 1.54) is 12.1 Å². The lowest BCUT2D eigenvalue weighted by atomic mass is 10.1. The molecule has 7 heteroatoms. The second-order valence-corrected chi connectivity index (χ2v) is 5.39. The Bertz CT molecular complexity index is 827. The Morgan fingerprint density at radius 3 is 2.23 bits per heavy atom. The molecule has 5 nitrogen and oxygen atoms in total. The third-order valence-corrected chi connectivity index (χ3v) is 3.64. The summed E-state index contributed by atoms with van der Waals surface area (Å²) in [7, 11) is 0. The lowest BCUT2D eigenvalue weighted by Crippen LogP contribution is -1.94. The molecular formula is C15H9Cl2N3O2. The molecule has 0 radical (unpaired) electrons. The van der Waals surface area contributed by atoms with Crippen molar-refractivity contribution in [1.29, 1.82) is 0 Å². The highest BCUT2D eigenvalue weighted by Gasteiger charge is 2.12. The van der Waals surface area contributed by atoms with Crippen molar-refractivity contribution in [2.75, 3.05) is 0 Å². The number of rotatable bonds is 3. The highest BCUT2D eigenvalue weighted by Crippen LogP contribution is 2.29. The molecule has 0 aliphatic carbocycles. The smallest absolute Gasteiger partial charge is 0.258 e. The van der Waals surface area contributed by atoms with Crippen LogP contribution in [0.15, 0.2) is 54.7 Å². The van der Waals surface area contributed by atoms with Crippen LogP contribution in [-0.4, -0.2) is 14.7 Å². The van der Waals surface area contributed by atoms with Gasteiger partial charge in [0.05, 0.1) is 21.8 Å². The third kappa shape index (κ3) is 2.81. The number of aromatic nitrogens is 2. The molecule has 110 valence electrons. The minimum absolute atomic E-state index is 0.0250. The summed E-state index contributed by atoms with van der Waals surface area (Å²) in [6.07, 6.45) is 1.68. The maximum absolute atomic E-state index is 10.7. The molecule has 2 aromatic carbocycles. The topological polar surface area (TPSA) is 61.0 Å². The van der Waals surface area contributed by atoms with Crippen molar-refractivity contribution in [2.45, 2.75) is 0 Å². The first-order chi connectivity index (χ1) is 10.5. The summed E-state index contributed by atoms with van der Waals surface area (Å²) in [6.45, 7) is 0. The van der Waals surface area contributed by atoms with Crippen molar-refractivity contribution in [3.05, 3.63) is 74.9 Å². The lowest BCUT2D eigenvalue weighted by Gasteiger charge is -2.01. The van der Waals surface area contributed by atoms with Gasteiger partial charge in [-0.3, -0.25) is 10.1 Å². The molecule has 0 aliphatic heterocycles. The van der Waals surface area contributed by atoms with Crippen LogP contribution in [0.2, 0.25) is 10.0 Å². The second-order valence-electron chi connectivity index (χ2n) is 4.55. The predicted molar refractivity (Wildman–Crippen MR) is 85.7 cm³/mol. The van der Waals surface area contributed by atoms with Gasteiger partial charge in [0, 0.05) is 22.7 Å². The molecule has 0 aliphatic rings. The number of nitrogens with zero attached hydrogens (tertiary/aromatic N) is 3. The van der Waals surface area contributed by atoms with Crippen molar-refractivity contribution >= 4 is 28.9 Å². The van der Waals surface area contributed by atoms with Gasteiger partial charge < -0.3 is 0 Å². The standard InChI is InChI=1S/C15H9Cl2N3O2/c16-11-3-7-12(8-4-11)19-9-14(17)15(18-19)10-1-5-13(6-2-10)20(21)22/h1-9H. The molecule has 0 N–H and O–H groups in total. The van der Waals surface area contributed by atoms with Crippen LogP contribution < -0.4 is 0 Å². The van der Waals surface area contributed by atoms with E-state index < -0.39 is 4.92 Å². The highest BCUT2D eigenvalue weighted by molar-refractivity contribution is 6.33. The van der Waals surface area contributed by atoms with Crippen molar-refractivity contribution < 1.29 is 4.92 Å². The van der Waals surface area contributed by atoms with Gasteiger partial charge in [0.15, 0.2) is 0 Å².